The number of rotatable bonds is 2. The fraction of sp³-hybridized carbons (Fsp3) is 0. The highest BCUT2D eigenvalue weighted by Gasteiger charge is 2.13. The molecular formula is C12H11N3O. The van der Waals surface area contributed by atoms with E-state index in [-0.39, 0.29) is 5.69 Å². The van der Waals surface area contributed by atoms with Gasteiger partial charge in [-0.1, -0.05) is 30.3 Å². The summed E-state index contributed by atoms with van der Waals surface area (Å²) < 4.78 is 0. The van der Waals surface area contributed by atoms with E-state index in [4.69, 9.17) is 11.5 Å². The van der Waals surface area contributed by atoms with Crippen LogP contribution in [0.15, 0.2) is 42.6 Å². The van der Waals surface area contributed by atoms with Crippen molar-refractivity contribution in [3.05, 3.63) is 48.3 Å². The van der Waals surface area contributed by atoms with Crippen LogP contribution in [-0.2, 0) is 0 Å². The van der Waals surface area contributed by atoms with Gasteiger partial charge < -0.3 is 11.5 Å². The minimum Gasteiger partial charge on any atom is -0.398 e. The van der Waals surface area contributed by atoms with Gasteiger partial charge in [0, 0.05) is 17.4 Å². The summed E-state index contributed by atoms with van der Waals surface area (Å²) in [5, 5.41) is 0. The van der Waals surface area contributed by atoms with E-state index in [9.17, 15) is 4.79 Å². The van der Waals surface area contributed by atoms with E-state index in [1.807, 2.05) is 30.3 Å². The van der Waals surface area contributed by atoms with Crippen molar-refractivity contribution < 1.29 is 4.79 Å². The summed E-state index contributed by atoms with van der Waals surface area (Å²) >= 11 is 0. The Bertz CT molecular complexity index is 523. The maximum Gasteiger partial charge on any atom is 0.268 e. The van der Waals surface area contributed by atoms with Crippen LogP contribution in [0, 0.1) is 0 Å². The first-order chi connectivity index (χ1) is 7.70. The summed E-state index contributed by atoms with van der Waals surface area (Å²) in [4.78, 5) is 15.2. The first kappa shape index (κ1) is 10.2. The van der Waals surface area contributed by atoms with Crippen molar-refractivity contribution in [1.82, 2.24) is 4.98 Å². The van der Waals surface area contributed by atoms with Gasteiger partial charge in [0.1, 0.15) is 5.69 Å². The van der Waals surface area contributed by atoms with E-state index in [0.29, 0.717) is 11.3 Å². The number of nitrogen functional groups attached to an aromatic ring is 1. The highest BCUT2D eigenvalue weighted by molar-refractivity contribution is 6.00. The highest BCUT2D eigenvalue weighted by Crippen LogP contribution is 2.27. The van der Waals surface area contributed by atoms with Crippen LogP contribution >= 0.6 is 0 Å². The van der Waals surface area contributed by atoms with E-state index >= 15 is 0 Å². The summed E-state index contributed by atoms with van der Waals surface area (Å²) in [6.07, 6.45) is 1.47. The molecule has 0 saturated heterocycles. The Labute approximate surface area is 92.9 Å². The van der Waals surface area contributed by atoms with Gasteiger partial charge in [0.05, 0.1) is 0 Å². The van der Waals surface area contributed by atoms with Crippen LogP contribution < -0.4 is 11.5 Å². The summed E-state index contributed by atoms with van der Waals surface area (Å²) in [5.74, 6) is -0.578. The normalized spacial score (nSPS) is 10.0. The summed E-state index contributed by atoms with van der Waals surface area (Å²) in [6, 6.07) is 11.0. The molecule has 4 nitrogen and oxygen atoms in total. The lowest BCUT2D eigenvalue weighted by Gasteiger charge is -2.08. The van der Waals surface area contributed by atoms with Gasteiger partial charge in [-0.05, 0) is 11.6 Å². The zero-order valence-corrected chi connectivity index (χ0v) is 8.55. The Morgan fingerprint density at radius 1 is 1.12 bits per heavy atom. The van der Waals surface area contributed by atoms with Crippen LogP contribution in [0.25, 0.3) is 11.1 Å². The first-order valence-electron chi connectivity index (χ1n) is 4.80. The van der Waals surface area contributed by atoms with Crippen LogP contribution in [0.5, 0.6) is 0 Å². The third-order valence-corrected chi connectivity index (χ3v) is 2.28. The van der Waals surface area contributed by atoms with E-state index in [2.05, 4.69) is 4.98 Å². The molecule has 0 radical (unpaired) electrons. The Kier molecular flexibility index (Phi) is 2.55. The zero-order valence-electron chi connectivity index (χ0n) is 8.55. The van der Waals surface area contributed by atoms with Gasteiger partial charge in [0.25, 0.3) is 5.91 Å². The lowest BCUT2D eigenvalue weighted by molar-refractivity contribution is 0.0996. The van der Waals surface area contributed by atoms with Gasteiger partial charge in [-0.3, -0.25) is 9.78 Å². The molecule has 4 N–H and O–H groups in total. The average Bonchev–Trinajstić information content (AvgIpc) is 2.29. The second-order valence-electron chi connectivity index (χ2n) is 3.35. The lowest BCUT2D eigenvalue weighted by Crippen LogP contribution is -2.15. The number of carbonyl (C=O) groups excluding carboxylic acids is 1. The number of pyridine rings is 1. The maximum absolute atomic E-state index is 11.3. The molecule has 1 amide bonds. The Morgan fingerprint density at radius 3 is 2.44 bits per heavy atom. The van der Waals surface area contributed by atoms with E-state index in [0.717, 1.165) is 5.56 Å². The van der Waals surface area contributed by atoms with Crippen molar-refractivity contribution in [3.63, 3.8) is 0 Å². The predicted octanol–water partition coefficient (Wildman–Crippen LogP) is 1.43. The van der Waals surface area contributed by atoms with Gasteiger partial charge in [0.2, 0.25) is 0 Å². The third kappa shape index (κ3) is 1.72. The highest BCUT2D eigenvalue weighted by atomic mass is 16.1. The van der Waals surface area contributed by atoms with Crippen LogP contribution in [0.4, 0.5) is 5.69 Å². The monoisotopic (exact) mass is 213 g/mol. The second kappa shape index (κ2) is 4.02. The van der Waals surface area contributed by atoms with Gasteiger partial charge in [-0.25, -0.2) is 0 Å². The molecule has 0 bridgehead atoms. The van der Waals surface area contributed by atoms with Crippen LogP contribution in [0.1, 0.15) is 10.5 Å². The molecule has 0 atom stereocenters. The minimum atomic E-state index is -0.578. The predicted molar refractivity (Wildman–Crippen MR) is 62.6 cm³/mol. The zero-order chi connectivity index (χ0) is 11.5. The van der Waals surface area contributed by atoms with Crippen molar-refractivity contribution in [2.75, 3.05) is 5.73 Å². The van der Waals surface area contributed by atoms with Crippen molar-refractivity contribution in [1.29, 1.82) is 0 Å². The molecule has 0 aliphatic heterocycles. The van der Waals surface area contributed by atoms with Gasteiger partial charge in [-0.15, -0.1) is 0 Å². The molecule has 1 aromatic carbocycles. The Balaban J connectivity index is 2.68. The minimum absolute atomic E-state index is 0.200. The third-order valence-electron chi connectivity index (χ3n) is 2.28. The number of amides is 1. The number of hydrogen-bond acceptors (Lipinski definition) is 3. The quantitative estimate of drug-likeness (QED) is 0.791. The summed E-state index contributed by atoms with van der Waals surface area (Å²) in [5.41, 5.74) is 13.2. The van der Waals surface area contributed by atoms with Crippen LogP contribution in [0.2, 0.25) is 0 Å². The Morgan fingerprint density at radius 2 is 1.81 bits per heavy atom. The van der Waals surface area contributed by atoms with Crippen molar-refractivity contribution >= 4 is 11.6 Å². The molecule has 0 aliphatic carbocycles. The molecule has 0 unspecified atom stereocenters. The smallest absolute Gasteiger partial charge is 0.268 e. The molecule has 0 spiro atoms. The fourth-order valence-corrected chi connectivity index (χ4v) is 1.57. The van der Waals surface area contributed by atoms with Gasteiger partial charge in [-0.2, -0.15) is 0 Å². The van der Waals surface area contributed by atoms with E-state index in [1.165, 1.54) is 6.20 Å². The number of aromatic nitrogens is 1. The SMILES string of the molecule is NC(=O)c1nccc(N)c1-c1ccccc1. The number of nitrogens with zero attached hydrogens (tertiary/aromatic N) is 1. The molecule has 1 heterocycles. The number of primary amides is 1. The van der Waals surface area contributed by atoms with Crippen LogP contribution in [0.3, 0.4) is 0 Å². The summed E-state index contributed by atoms with van der Waals surface area (Å²) in [6.45, 7) is 0. The van der Waals surface area contributed by atoms with Gasteiger partial charge >= 0.3 is 0 Å². The molecule has 80 valence electrons. The molecule has 1 aromatic heterocycles. The molecule has 0 fully saturated rings. The number of anilines is 1. The van der Waals surface area contributed by atoms with Crippen molar-refractivity contribution in [2.24, 2.45) is 5.73 Å². The van der Waals surface area contributed by atoms with Gasteiger partial charge in [0.15, 0.2) is 0 Å². The second-order valence-corrected chi connectivity index (χ2v) is 3.35. The topological polar surface area (TPSA) is 82.0 Å². The number of nitrogens with two attached hydrogens (primary N) is 2. The summed E-state index contributed by atoms with van der Waals surface area (Å²) in [7, 11) is 0. The molecule has 2 aromatic rings. The van der Waals surface area contributed by atoms with E-state index in [1.54, 1.807) is 6.07 Å². The first-order valence-corrected chi connectivity index (χ1v) is 4.80. The van der Waals surface area contributed by atoms with Crippen LogP contribution in [-0.4, -0.2) is 10.9 Å². The van der Waals surface area contributed by atoms with E-state index < -0.39 is 5.91 Å². The fourth-order valence-electron chi connectivity index (χ4n) is 1.57. The van der Waals surface area contributed by atoms with Crippen molar-refractivity contribution in [2.45, 2.75) is 0 Å². The number of benzene rings is 1. The number of hydrogen-bond donors (Lipinski definition) is 2. The largest absolute Gasteiger partial charge is 0.398 e. The molecule has 0 saturated carbocycles. The average molecular weight is 213 g/mol. The molecule has 16 heavy (non-hydrogen) atoms. The number of carbonyl (C=O) groups is 1. The molecule has 4 heteroatoms. The molecule has 0 aliphatic rings. The van der Waals surface area contributed by atoms with Crippen molar-refractivity contribution in [3.8, 4) is 11.1 Å². The standard InChI is InChI=1S/C12H11N3O/c13-9-6-7-15-11(12(14)16)10(9)8-4-2-1-3-5-8/h1-7H,(H2,13,15)(H2,14,16). The Hall–Kier alpha value is -2.36. The lowest BCUT2D eigenvalue weighted by atomic mass is 10.0. The molecular weight excluding hydrogens is 202 g/mol. The maximum atomic E-state index is 11.3. The molecule has 2 rings (SSSR count).